The summed E-state index contributed by atoms with van der Waals surface area (Å²) in [5, 5.41) is 0.722. The predicted molar refractivity (Wildman–Crippen MR) is 92.5 cm³/mol. The predicted octanol–water partition coefficient (Wildman–Crippen LogP) is 3.53. The molecule has 0 aliphatic rings. The molecular formula is C19H19NO3. The van der Waals surface area contributed by atoms with Crippen LogP contribution < -0.4 is 14.9 Å². The van der Waals surface area contributed by atoms with Crippen molar-refractivity contribution in [2.75, 3.05) is 14.2 Å². The maximum Gasteiger partial charge on any atom is 0.197 e. The zero-order valence-electron chi connectivity index (χ0n) is 13.7. The first kappa shape index (κ1) is 15.2. The normalized spacial score (nSPS) is 10.8. The van der Waals surface area contributed by atoms with Crippen LogP contribution in [0.25, 0.3) is 22.0 Å². The van der Waals surface area contributed by atoms with Gasteiger partial charge >= 0.3 is 0 Å². The van der Waals surface area contributed by atoms with Gasteiger partial charge in [-0.15, -0.1) is 0 Å². The minimum Gasteiger partial charge on any atom is -0.493 e. The largest absolute Gasteiger partial charge is 0.493 e. The minimum atomic E-state index is 0.0222. The Morgan fingerprint density at radius 1 is 0.957 bits per heavy atom. The van der Waals surface area contributed by atoms with Crippen molar-refractivity contribution >= 4 is 10.9 Å². The highest BCUT2D eigenvalue weighted by atomic mass is 16.5. The van der Waals surface area contributed by atoms with Crippen molar-refractivity contribution in [3.05, 3.63) is 58.4 Å². The zero-order chi connectivity index (χ0) is 16.6. The number of nitrogens with zero attached hydrogens (tertiary/aromatic N) is 1. The van der Waals surface area contributed by atoms with Crippen LogP contribution in [0, 0.1) is 6.92 Å². The van der Waals surface area contributed by atoms with E-state index in [0.717, 1.165) is 22.0 Å². The fourth-order valence-corrected chi connectivity index (χ4v) is 2.82. The van der Waals surface area contributed by atoms with Crippen LogP contribution in [-0.2, 0) is 7.05 Å². The third kappa shape index (κ3) is 2.57. The molecule has 0 amide bonds. The topological polar surface area (TPSA) is 40.5 Å². The van der Waals surface area contributed by atoms with E-state index in [0.29, 0.717) is 17.1 Å². The highest BCUT2D eigenvalue weighted by Crippen LogP contribution is 2.31. The summed E-state index contributed by atoms with van der Waals surface area (Å²) < 4.78 is 12.6. The van der Waals surface area contributed by atoms with Crippen LogP contribution in [0.2, 0.25) is 0 Å². The van der Waals surface area contributed by atoms with Crippen LogP contribution in [0.4, 0.5) is 0 Å². The quantitative estimate of drug-likeness (QED) is 0.743. The van der Waals surface area contributed by atoms with Crippen LogP contribution in [0.1, 0.15) is 5.56 Å². The Labute approximate surface area is 134 Å². The Bertz CT molecular complexity index is 941. The molecular weight excluding hydrogens is 290 g/mol. The van der Waals surface area contributed by atoms with Gasteiger partial charge in [-0.05, 0) is 36.8 Å². The molecule has 0 saturated carbocycles. The van der Waals surface area contributed by atoms with Gasteiger partial charge in [0.15, 0.2) is 16.9 Å². The molecule has 0 fully saturated rings. The summed E-state index contributed by atoms with van der Waals surface area (Å²) in [6.45, 7) is 1.99. The van der Waals surface area contributed by atoms with E-state index in [4.69, 9.17) is 9.47 Å². The van der Waals surface area contributed by atoms with Crippen molar-refractivity contribution in [1.29, 1.82) is 0 Å². The second-order valence-corrected chi connectivity index (χ2v) is 5.57. The average molecular weight is 309 g/mol. The highest BCUT2D eigenvalue weighted by molar-refractivity contribution is 5.84. The molecule has 0 bridgehead atoms. The van der Waals surface area contributed by atoms with Gasteiger partial charge < -0.3 is 14.0 Å². The molecule has 1 aromatic heterocycles. The molecule has 0 aliphatic heterocycles. The summed E-state index contributed by atoms with van der Waals surface area (Å²) in [6, 6.07) is 11.4. The number of methoxy groups -OCH3 is 2. The number of hydrogen-bond acceptors (Lipinski definition) is 3. The van der Waals surface area contributed by atoms with Crippen molar-refractivity contribution in [3.63, 3.8) is 0 Å². The van der Waals surface area contributed by atoms with E-state index in [2.05, 4.69) is 0 Å². The number of hydrogen-bond donors (Lipinski definition) is 0. The minimum absolute atomic E-state index is 0.0222. The number of pyridine rings is 1. The molecule has 0 atom stereocenters. The van der Waals surface area contributed by atoms with E-state index in [1.807, 2.05) is 61.1 Å². The molecule has 3 aromatic rings. The lowest BCUT2D eigenvalue weighted by molar-refractivity contribution is 0.355. The average Bonchev–Trinajstić information content (AvgIpc) is 2.57. The Hall–Kier alpha value is -2.75. The summed E-state index contributed by atoms with van der Waals surface area (Å²) in [6.07, 6.45) is 1.86. The van der Waals surface area contributed by atoms with E-state index >= 15 is 0 Å². The van der Waals surface area contributed by atoms with Crippen molar-refractivity contribution in [1.82, 2.24) is 4.57 Å². The lowest BCUT2D eigenvalue weighted by Gasteiger charge is -2.12. The SMILES string of the molecule is COc1ccc(-c2cn(C)c3ccc(C)cc3c2=O)cc1OC. The van der Waals surface area contributed by atoms with Crippen molar-refractivity contribution in [3.8, 4) is 22.6 Å². The molecule has 4 heteroatoms. The number of rotatable bonds is 3. The third-order valence-electron chi connectivity index (χ3n) is 4.04. The number of benzene rings is 2. The van der Waals surface area contributed by atoms with E-state index in [1.54, 1.807) is 14.2 Å². The van der Waals surface area contributed by atoms with E-state index < -0.39 is 0 Å². The van der Waals surface area contributed by atoms with Crippen LogP contribution in [0.15, 0.2) is 47.4 Å². The van der Waals surface area contributed by atoms with E-state index in [9.17, 15) is 4.79 Å². The Morgan fingerprint density at radius 3 is 2.39 bits per heavy atom. The summed E-state index contributed by atoms with van der Waals surface area (Å²) in [7, 11) is 5.13. The molecule has 4 nitrogen and oxygen atoms in total. The molecule has 3 rings (SSSR count). The number of fused-ring (bicyclic) bond motifs is 1. The highest BCUT2D eigenvalue weighted by Gasteiger charge is 2.12. The summed E-state index contributed by atoms with van der Waals surface area (Å²) >= 11 is 0. The molecule has 0 saturated heterocycles. The zero-order valence-corrected chi connectivity index (χ0v) is 13.7. The maximum atomic E-state index is 12.9. The third-order valence-corrected chi connectivity index (χ3v) is 4.04. The lowest BCUT2D eigenvalue weighted by atomic mass is 10.0. The first-order chi connectivity index (χ1) is 11.0. The van der Waals surface area contributed by atoms with Crippen molar-refractivity contribution in [2.24, 2.45) is 7.05 Å². The van der Waals surface area contributed by atoms with Gasteiger partial charge in [0.1, 0.15) is 0 Å². The molecule has 23 heavy (non-hydrogen) atoms. The van der Waals surface area contributed by atoms with E-state index in [-0.39, 0.29) is 5.43 Å². The monoisotopic (exact) mass is 309 g/mol. The van der Waals surface area contributed by atoms with Gasteiger partial charge in [0.2, 0.25) is 0 Å². The smallest absolute Gasteiger partial charge is 0.197 e. The Balaban J connectivity index is 2.28. The van der Waals surface area contributed by atoms with Gasteiger partial charge in [0, 0.05) is 24.2 Å². The number of aryl methyl sites for hydroxylation is 2. The van der Waals surface area contributed by atoms with Gasteiger partial charge in [-0.3, -0.25) is 4.79 Å². The standard InChI is InChI=1S/C19H19NO3/c1-12-5-7-16-14(9-12)19(21)15(11-20(16)2)13-6-8-17(22-3)18(10-13)23-4/h5-11H,1-4H3. The molecule has 1 heterocycles. The van der Waals surface area contributed by atoms with Gasteiger partial charge in [-0.25, -0.2) is 0 Å². The van der Waals surface area contributed by atoms with Crippen molar-refractivity contribution < 1.29 is 9.47 Å². The van der Waals surface area contributed by atoms with Gasteiger partial charge in [0.25, 0.3) is 0 Å². The molecule has 0 aliphatic carbocycles. The number of aromatic nitrogens is 1. The summed E-state index contributed by atoms with van der Waals surface area (Å²) in [4.78, 5) is 12.9. The first-order valence-electron chi connectivity index (χ1n) is 7.37. The van der Waals surface area contributed by atoms with E-state index in [1.165, 1.54) is 0 Å². The fourth-order valence-electron chi connectivity index (χ4n) is 2.82. The molecule has 0 spiro atoms. The summed E-state index contributed by atoms with van der Waals surface area (Å²) in [5.74, 6) is 1.25. The maximum absolute atomic E-state index is 12.9. The first-order valence-corrected chi connectivity index (χ1v) is 7.37. The van der Waals surface area contributed by atoms with Crippen LogP contribution >= 0.6 is 0 Å². The molecule has 0 N–H and O–H groups in total. The van der Waals surface area contributed by atoms with Gasteiger partial charge in [-0.2, -0.15) is 0 Å². The van der Waals surface area contributed by atoms with Gasteiger partial charge in [0.05, 0.1) is 19.7 Å². The van der Waals surface area contributed by atoms with Crippen LogP contribution in [0.5, 0.6) is 11.5 Å². The second kappa shape index (κ2) is 5.80. The Kier molecular flexibility index (Phi) is 3.82. The van der Waals surface area contributed by atoms with Gasteiger partial charge in [-0.1, -0.05) is 17.7 Å². The van der Waals surface area contributed by atoms with Crippen molar-refractivity contribution in [2.45, 2.75) is 6.92 Å². The lowest BCUT2D eigenvalue weighted by Crippen LogP contribution is -2.10. The second-order valence-electron chi connectivity index (χ2n) is 5.57. The molecule has 0 unspecified atom stereocenters. The molecule has 118 valence electrons. The fraction of sp³-hybridized carbons (Fsp3) is 0.211. The molecule has 0 radical (unpaired) electrons. The number of ether oxygens (including phenoxy) is 2. The Morgan fingerprint density at radius 2 is 1.70 bits per heavy atom. The summed E-state index contributed by atoms with van der Waals surface area (Å²) in [5.41, 5.74) is 3.47. The van der Waals surface area contributed by atoms with Crippen LogP contribution in [0.3, 0.4) is 0 Å². The molecule has 2 aromatic carbocycles. The van der Waals surface area contributed by atoms with Crippen LogP contribution in [-0.4, -0.2) is 18.8 Å².